The Morgan fingerprint density at radius 2 is 2.31 bits per heavy atom. The number of hydrogen-bond acceptors (Lipinski definition) is 3. The minimum Gasteiger partial charge on any atom is -0.396 e. The molecule has 0 atom stereocenters. The second kappa shape index (κ2) is 4.24. The van der Waals surface area contributed by atoms with Crippen molar-refractivity contribution in [2.45, 2.75) is 25.7 Å². The number of aliphatic hydroxyl groups excluding tert-OH is 1. The Morgan fingerprint density at radius 3 is 2.77 bits per heavy atom. The van der Waals surface area contributed by atoms with Crippen LogP contribution in [0, 0.1) is 16.7 Å². The summed E-state index contributed by atoms with van der Waals surface area (Å²) in [6.07, 6.45) is 2.82. The molecule has 72 valence electrons. The Kier molecular flexibility index (Phi) is 3.26. The molecule has 0 unspecified atom stereocenters. The molecule has 1 saturated carbocycles. The van der Waals surface area contributed by atoms with E-state index in [1.54, 1.807) is 6.07 Å². The number of nitriles is 1. The lowest BCUT2D eigenvalue weighted by atomic mass is 10.0. The summed E-state index contributed by atoms with van der Waals surface area (Å²) in [5, 5.41) is 19.7. The zero-order chi connectivity index (χ0) is 9.73. The molecule has 1 amide bonds. The van der Waals surface area contributed by atoms with E-state index in [1.807, 2.05) is 0 Å². The van der Waals surface area contributed by atoms with Crippen molar-refractivity contribution >= 4 is 5.91 Å². The van der Waals surface area contributed by atoms with Crippen molar-refractivity contribution < 1.29 is 9.90 Å². The van der Waals surface area contributed by atoms with Crippen molar-refractivity contribution in [3.8, 4) is 6.07 Å². The maximum atomic E-state index is 10.9. The second-order valence-electron chi connectivity index (χ2n) is 3.59. The van der Waals surface area contributed by atoms with Crippen LogP contribution in [0.3, 0.4) is 0 Å². The first-order valence-corrected chi connectivity index (χ1v) is 4.47. The van der Waals surface area contributed by atoms with Gasteiger partial charge in [-0.2, -0.15) is 5.26 Å². The first kappa shape index (κ1) is 10.0. The molecule has 0 aromatic rings. The second-order valence-corrected chi connectivity index (χ2v) is 3.59. The van der Waals surface area contributed by atoms with Crippen LogP contribution in [-0.4, -0.2) is 24.2 Å². The highest BCUT2D eigenvalue weighted by molar-refractivity contribution is 5.78. The van der Waals surface area contributed by atoms with E-state index in [2.05, 4.69) is 5.32 Å². The Bertz CT molecular complexity index is 228. The van der Waals surface area contributed by atoms with E-state index in [0.29, 0.717) is 6.54 Å². The van der Waals surface area contributed by atoms with E-state index in [4.69, 9.17) is 10.4 Å². The average molecular weight is 182 g/mol. The van der Waals surface area contributed by atoms with E-state index in [0.717, 1.165) is 19.3 Å². The summed E-state index contributed by atoms with van der Waals surface area (Å²) in [5.74, 6) is -0.216. The van der Waals surface area contributed by atoms with Crippen LogP contribution in [0.1, 0.15) is 25.7 Å². The summed E-state index contributed by atoms with van der Waals surface area (Å²) in [7, 11) is 0. The SMILES string of the molecule is N#CCC(=O)NCC1(CCO)CC1. The lowest BCUT2D eigenvalue weighted by Crippen LogP contribution is -2.30. The van der Waals surface area contributed by atoms with Crippen LogP contribution < -0.4 is 5.32 Å². The topological polar surface area (TPSA) is 73.1 Å². The molecule has 13 heavy (non-hydrogen) atoms. The van der Waals surface area contributed by atoms with E-state index >= 15 is 0 Å². The molecule has 0 radical (unpaired) electrons. The minimum atomic E-state index is -0.216. The predicted octanol–water partition coefficient (Wildman–Crippen LogP) is 0.179. The third-order valence-electron chi connectivity index (χ3n) is 2.50. The van der Waals surface area contributed by atoms with Gasteiger partial charge < -0.3 is 10.4 Å². The first-order valence-electron chi connectivity index (χ1n) is 4.47. The maximum absolute atomic E-state index is 10.9. The number of nitrogens with one attached hydrogen (secondary N) is 1. The first-order chi connectivity index (χ1) is 6.22. The number of nitrogens with zero attached hydrogens (tertiary/aromatic N) is 1. The van der Waals surface area contributed by atoms with Gasteiger partial charge in [-0.05, 0) is 24.7 Å². The highest BCUT2D eigenvalue weighted by Gasteiger charge is 2.41. The van der Waals surface area contributed by atoms with Gasteiger partial charge >= 0.3 is 0 Å². The van der Waals surface area contributed by atoms with Crippen molar-refractivity contribution in [1.82, 2.24) is 5.32 Å². The molecule has 0 spiro atoms. The summed E-state index contributed by atoms with van der Waals surface area (Å²) in [4.78, 5) is 10.9. The third kappa shape index (κ3) is 3.03. The van der Waals surface area contributed by atoms with Crippen LogP contribution in [-0.2, 0) is 4.79 Å². The summed E-state index contributed by atoms with van der Waals surface area (Å²) in [6, 6.07) is 1.79. The van der Waals surface area contributed by atoms with Crippen LogP contribution in [0.5, 0.6) is 0 Å². The molecule has 1 aliphatic rings. The average Bonchev–Trinajstić information content (AvgIpc) is 2.84. The number of carbonyl (C=O) groups excluding carboxylic acids is 1. The van der Waals surface area contributed by atoms with E-state index in [9.17, 15) is 4.79 Å². The van der Waals surface area contributed by atoms with Crippen LogP contribution in [0.15, 0.2) is 0 Å². The van der Waals surface area contributed by atoms with Gasteiger partial charge in [-0.1, -0.05) is 0 Å². The van der Waals surface area contributed by atoms with Crippen LogP contribution in [0.2, 0.25) is 0 Å². The van der Waals surface area contributed by atoms with Gasteiger partial charge in [0.25, 0.3) is 0 Å². The van der Waals surface area contributed by atoms with Crippen LogP contribution >= 0.6 is 0 Å². The number of amides is 1. The van der Waals surface area contributed by atoms with Gasteiger partial charge in [0, 0.05) is 13.2 Å². The zero-order valence-electron chi connectivity index (χ0n) is 7.55. The van der Waals surface area contributed by atoms with Gasteiger partial charge in [-0.3, -0.25) is 4.79 Å². The lowest BCUT2D eigenvalue weighted by molar-refractivity contribution is -0.120. The molecular formula is C9H14N2O2. The molecule has 1 rings (SSSR count). The van der Waals surface area contributed by atoms with Crippen molar-refractivity contribution in [2.75, 3.05) is 13.2 Å². The van der Waals surface area contributed by atoms with Crippen LogP contribution in [0.25, 0.3) is 0 Å². The summed E-state index contributed by atoms with van der Waals surface area (Å²) >= 11 is 0. The molecule has 0 heterocycles. The normalized spacial score (nSPS) is 17.5. The number of aliphatic hydroxyl groups is 1. The third-order valence-corrected chi connectivity index (χ3v) is 2.50. The van der Waals surface area contributed by atoms with Crippen molar-refractivity contribution in [1.29, 1.82) is 5.26 Å². The Morgan fingerprint density at radius 1 is 1.62 bits per heavy atom. The molecule has 0 aromatic carbocycles. The van der Waals surface area contributed by atoms with Gasteiger partial charge in [-0.15, -0.1) is 0 Å². The fourth-order valence-electron chi connectivity index (χ4n) is 1.35. The maximum Gasteiger partial charge on any atom is 0.234 e. The quantitative estimate of drug-likeness (QED) is 0.637. The summed E-state index contributed by atoms with van der Waals surface area (Å²) in [5.41, 5.74) is 0.139. The van der Waals surface area contributed by atoms with Gasteiger partial charge in [0.05, 0.1) is 6.07 Å². The smallest absolute Gasteiger partial charge is 0.234 e. The summed E-state index contributed by atoms with van der Waals surface area (Å²) in [6.45, 7) is 0.780. The van der Waals surface area contributed by atoms with Crippen molar-refractivity contribution in [2.24, 2.45) is 5.41 Å². The molecule has 4 nitrogen and oxygen atoms in total. The molecule has 4 heteroatoms. The molecule has 1 aliphatic carbocycles. The highest BCUT2D eigenvalue weighted by atomic mass is 16.3. The largest absolute Gasteiger partial charge is 0.396 e. The molecule has 0 aromatic heterocycles. The molecule has 0 aliphatic heterocycles. The summed E-state index contributed by atoms with van der Waals surface area (Å²) < 4.78 is 0. The van der Waals surface area contributed by atoms with Crippen molar-refractivity contribution in [3.63, 3.8) is 0 Å². The Hall–Kier alpha value is -1.08. The fraction of sp³-hybridized carbons (Fsp3) is 0.778. The molecule has 1 fully saturated rings. The number of rotatable bonds is 5. The predicted molar refractivity (Wildman–Crippen MR) is 46.6 cm³/mol. The number of hydrogen-bond donors (Lipinski definition) is 2. The zero-order valence-corrected chi connectivity index (χ0v) is 7.55. The highest BCUT2D eigenvalue weighted by Crippen LogP contribution is 2.47. The van der Waals surface area contributed by atoms with Crippen molar-refractivity contribution in [3.05, 3.63) is 0 Å². The molecule has 2 N–H and O–H groups in total. The number of carbonyl (C=O) groups is 1. The minimum absolute atomic E-state index is 0.0742. The Labute approximate surface area is 77.6 Å². The van der Waals surface area contributed by atoms with E-state index in [-0.39, 0.29) is 24.3 Å². The molecular weight excluding hydrogens is 168 g/mol. The van der Waals surface area contributed by atoms with Gasteiger partial charge in [0.15, 0.2) is 0 Å². The van der Waals surface area contributed by atoms with Gasteiger partial charge in [0.2, 0.25) is 5.91 Å². The van der Waals surface area contributed by atoms with Gasteiger partial charge in [0.1, 0.15) is 6.42 Å². The lowest BCUT2D eigenvalue weighted by Gasteiger charge is -2.13. The van der Waals surface area contributed by atoms with Crippen LogP contribution in [0.4, 0.5) is 0 Å². The molecule has 0 saturated heterocycles. The van der Waals surface area contributed by atoms with Gasteiger partial charge in [-0.25, -0.2) is 0 Å². The fourth-order valence-corrected chi connectivity index (χ4v) is 1.35. The van der Waals surface area contributed by atoms with E-state index in [1.165, 1.54) is 0 Å². The van der Waals surface area contributed by atoms with E-state index < -0.39 is 0 Å². The molecule has 0 bridgehead atoms. The Balaban J connectivity index is 2.19. The standard InChI is InChI=1S/C9H14N2O2/c10-5-1-8(13)11-7-9(2-3-9)4-6-12/h12H,1-4,6-7H2,(H,11,13). The monoisotopic (exact) mass is 182 g/mol.